The van der Waals surface area contributed by atoms with Gasteiger partial charge in [0.05, 0.1) is 16.9 Å². The van der Waals surface area contributed by atoms with E-state index in [2.05, 4.69) is 39.8 Å². The van der Waals surface area contributed by atoms with E-state index in [4.69, 9.17) is 16.3 Å². The van der Waals surface area contributed by atoms with Crippen molar-refractivity contribution in [3.63, 3.8) is 0 Å². The van der Waals surface area contributed by atoms with Crippen LogP contribution in [0.4, 0.5) is 0 Å². The fraction of sp³-hybridized carbons (Fsp3) is 0.333. The topological polar surface area (TPSA) is 70.7 Å². The molecule has 0 aromatic carbocycles. The SMILES string of the molecule is Cn1cc(-c2ccnc3c2cnn3COCC[Si](C)(C)C)c(-c2ccc(Cl)cn2)n1. The molecule has 7 nitrogen and oxygen atoms in total. The fourth-order valence-corrected chi connectivity index (χ4v) is 4.10. The average Bonchev–Trinajstić information content (AvgIpc) is 3.28. The zero-order valence-electron chi connectivity index (χ0n) is 17.6. The van der Waals surface area contributed by atoms with Crippen LogP contribution in [0.15, 0.2) is 43.0 Å². The van der Waals surface area contributed by atoms with Crippen LogP contribution in [0.2, 0.25) is 30.7 Å². The van der Waals surface area contributed by atoms with E-state index in [0.717, 1.165) is 46.2 Å². The maximum atomic E-state index is 6.00. The third kappa shape index (κ3) is 4.45. The van der Waals surface area contributed by atoms with Crippen molar-refractivity contribution in [2.45, 2.75) is 32.4 Å². The maximum absolute atomic E-state index is 6.00. The van der Waals surface area contributed by atoms with Gasteiger partial charge >= 0.3 is 0 Å². The van der Waals surface area contributed by atoms with Crippen molar-refractivity contribution in [2.24, 2.45) is 7.05 Å². The molecule has 0 fully saturated rings. The first-order chi connectivity index (χ1) is 14.3. The van der Waals surface area contributed by atoms with Gasteiger partial charge in [-0.05, 0) is 29.8 Å². The largest absolute Gasteiger partial charge is 0.359 e. The van der Waals surface area contributed by atoms with Gasteiger partial charge < -0.3 is 4.74 Å². The molecule has 0 amide bonds. The summed E-state index contributed by atoms with van der Waals surface area (Å²) in [4.78, 5) is 8.99. The quantitative estimate of drug-likeness (QED) is 0.303. The molecule has 0 saturated heterocycles. The van der Waals surface area contributed by atoms with Gasteiger partial charge in [0, 0.05) is 51.3 Å². The molecule has 0 aliphatic rings. The molecule has 0 unspecified atom stereocenters. The zero-order valence-corrected chi connectivity index (χ0v) is 19.4. The Bertz CT molecular complexity index is 1160. The maximum Gasteiger partial charge on any atom is 0.160 e. The second-order valence-electron chi connectivity index (χ2n) is 8.51. The average molecular weight is 441 g/mol. The van der Waals surface area contributed by atoms with Crippen LogP contribution in [0.25, 0.3) is 33.5 Å². The second kappa shape index (κ2) is 8.29. The molecule has 156 valence electrons. The molecule has 0 atom stereocenters. The van der Waals surface area contributed by atoms with Crippen molar-refractivity contribution in [1.29, 1.82) is 0 Å². The lowest BCUT2D eigenvalue weighted by Gasteiger charge is -2.15. The molecule has 30 heavy (non-hydrogen) atoms. The minimum absolute atomic E-state index is 0.392. The first kappa shape index (κ1) is 20.7. The van der Waals surface area contributed by atoms with Crippen LogP contribution in [0.5, 0.6) is 0 Å². The number of aryl methyl sites for hydroxylation is 1. The Kier molecular flexibility index (Phi) is 5.72. The summed E-state index contributed by atoms with van der Waals surface area (Å²) in [7, 11) is 0.780. The lowest BCUT2D eigenvalue weighted by Crippen LogP contribution is -2.22. The highest BCUT2D eigenvalue weighted by Gasteiger charge is 2.18. The number of nitrogens with zero attached hydrogens (tertiary/aromatic N) is 6. The van der Waals surface area contributed by atoms with Crippen molar-refractivity contribution >= 4 is 30.7 Å². The van der Waals surface area contributed by atoms with Crippen LogP contribution in [-0.2, 0) is 18.5 Å². The van der Waals surface area contributed by atoms with E-state index in [1.165, 1.54) is 0 Å². The smallest absolute Gasteiger partial charge is 0.160 e. The van der Waals surface area contributed by atoms with Gasteiger partial charge in [-0.3, -0.25) is 9.67 Å². The highest BCUT2D eigenvalue weighted by molar-refractivity contribution is 6.76. The monoisotopic (exact) mass is 440 g/mol. The van der Waals surface area contributed by atoms with Crippen molar-refractivity contribution in [3.8, 4) is 22.5 Å². The van der Waals surface area contributed by atoms with E-state index < -0.39 is 8.07 Å². The summed E-state index contributed by atoms with van der Waals surface area (Å²) < 4.78 is 9.47. The number of halogens is 1. The van der Waals surface area contributed by atoms with Crippen LogP contribution < -0.4 is 0 Å². The molecule has 9 heteroatoms. The molecule has 4 rings (SSSR count). The number of rotatable bonds is 7. The minimum atomic E-state index is -1.12. The molecule has 4 heterocycles. The van der Waals surface area contributed by atoms with Gasteiger partial charge in [-0.25, -0.2) is 9.67 Å². The summed E-state index contributed by atoms with van der Waals surface area (Å²) >= 11 is 6.00. The first-order valence-electron chi connectivity index (χ1n) is 9.86. The van der Waals surface area contributed by atoms with Gasteiger partial charge in [-0.15, -0.1) is 0 Å². The zero-order chi connectivity index (χ0) is 21.3. The van der Waals surface area contributed by atoms with Gasteiger partial charge in [0.1, 0.15) is 12.4 Å². The van der Waals surface area contributed by atoms with Gasteiger partial charge in [-0.2, -0.15) is 10.2 Å². The van der Waals surface area contributed by atoms with Crippen LogP contribution in [0.3, 0.4) is 0 Å². The van der Waals surface area contributed by atoms with Crippen LogP contribution in [-0.4, -0.2) is 44.2 Å². The molecule has 0 aliphatic heterocycles. The summed E-state index contributed by atoms with van der Waals surface area (Å²) in [6.45, 7) is 8.16. The molecule has 0 radical (unpaired) electrons. The highest BCUT2D eigenvalue weighted by Crippen LogP contribution is 2.34. The Morgan fingerprint density at radius 3 is 2.63 bits per heavy atom. The molecule has 0 N–H and O–H groups in total. The molecule has 4 aromatic heterocycles. The predicted octanol–water partition coefficient (Wildman–Crippen LogP) is 4.86. The van der Waals surface area contributed by atoms with Crippen LogP contribution in [0.1, 0.15) is 0 Å². The van der Waals surface area contributed by atoms with Gasteiger partial charge in [-0.1, -0.05) is 31.2 Å². The number of fused-ring (bicyclic) bond motifs is 1. The van der Waals surface area contributed by atoms with Crippen molar-refractivity contribution in [3.05, 3.63) is 48.0 Å². The number of aromatic nitrogens is 6. The van der Waals surface area contributed by atoms with E-state index >= 15 is 0 Å². The van der Waals surface area contributed by atoms with Crippen LogP contribution in [0, 0.1) is 0 Å². The highest BCUT2D eigenvalue weighted by atomic mass is 35.5. The van der Waals surface area contributed by atoms with Gasteiger partial charge in [0.15, 0.2) is 5.65 Å². The summed E-state index contributed by atoms with van der Waals surface area (Å²) in [5.41, 5.74) is 4.33. The molecule has 0 aliphatic carbocycles. The fourth-order valence-electron chi connectivity index (χ4n) is 3.23. The Morgan fingerprint density at radius 2 is 1.90 bits per heavy atom. The van der Waals surface area contributed by atoms with E-state index in [9.17, 15) is 0 Å². The van der Waals surface area contributed by atoms with E-state index in [0.29, 0.717) is 11.8 Å². The normalized spacial score (nSPS) is 12.0. The van der Waals surface area contributed by atoms with Crippen molar-refractivity contribution in [2.75, 3.05) is 6.61 Å². The van der Waals surface area contributed by atoms with Crippen molar-refractivity contribution in [1.82, 2.24) is 29.5 Å². The molecule has 0 saturated carbocycles. The van der Waals surface area contributed by atoms with Crippen LogP contribution >= 0.6 is 11.6 Å². The number of hydrogen-bond acceptors (Lipinski definition) is 5. The Balaban J connectivity index is 1.66. The summed E-state index contributed by atoms with van der Waals surface area (Å²) in [6.07, 6.45) is 7.26. The Labute approximate surface area is 181 Å². The van der Waals surface area contributed by atoms with E-state index in [-0.39, 0.29) is 0 Å². The summed E-state index contributed by atoms with van der Waals surface area (Å²) in [6, 6.07) is 6.80. The molecular weight excluding hydrogens is 416 g/mol. The lowest BCUT2D eigenvalue weighted by atomic mass is 10.0. The standard InChI is InChI=1S/C21H25ClN6OSi/c1-27-13-18(20(26-27)19-6-5-15(22)11-24-19)16-7-8-23-21-17(16)12-25-28(21)14-29-9-10-30(2,3)4/h5-8,11-13H,9-10,14H2,1-4H3. The predicted molar refractivity (Wildman–Crippen MR) is 122 cm³/mol. The number of pyridine rings is 2. The van der Waals surface area contributed by atoms with Gasteiger partial charge in [0.2, 0.25) is 0 Å². The van der Waals surface area contributed by atoms with Gasteiger partial charge in [0.25, 0.3) is 0 Å². The molecule has 0 spiro atoms. The molecule has 4 aromatic rings. The number of hydrogen-bond donors (Lipinski definition) is 0. The second-order valence-corrected chi connectivity index (χ2v) is 14.6. The summed E-state index contributed by atoms with van der Waals surface area (Å²) in [5, 5.41) is 10.7. The Morgan fingerprint density at radius 1 is 1.07 bits per heavy atom. The third-order valence-corrected chi connectivity index (χ3v) is 6.77. The summed E-state index contributed by atoms with van der Waals surface area (Å²) in [5.74, 6) is 0. The Hall–Kier alpha value is -2.55. The molecule has 0 bridgehead atoms. The van der Waals surface area contributed by atoms with E-state index in [1.54, 1.807) is 21.8 Å². The van der Waals surface area contributed by atoms with Crippen molar-refractivity contribution < 1.29 is 4.74 Å². The first-order valence-corrected chi connectivity index (χ1v) is 13.9. The lowest BCUT2D eigenvalue weighted by molar-refractivity contribution is 0.0813. The molecular formula is C21H25ClN6OSi. The third-order valence-electron chi connectivity index (χ3n) is 4.84. The number of ether oxygens (including phenoxy) is 1. The van der Waals surface area contributed by atoms with E-state index in [1.807, 2.05) is 37.6 Å². The minimum Gasteiger partial charge on any atom is -0.359 e.